The van der Waals surface area contributed by atoms with Gasteiger partial charge in [-0.05, 0) is 37.5 Å². The lowest BCUT2D eigenvalue weighted by molar-refractivity contribution is 0.104. The van der Waals surface area contributed by atoms with E-state index >= 15 is 0 Å². The Balaban J connectivity index is 2.34. The summed E-state index contributed by atoms with van der Waals surface area (Å²) in [7, 11) is 1.54. The van der Waals surface area contributed by atoms with E-state index in [0.717, 1.165) is 4.90 Å². The SMILES string of the molecule is COc1cc(SC)ccc1C=CC(=O)c1c(O)cc(C)oc1=O. The van der Waals surface area contributed by atoms with E-state index in [4.69, 9.17) is 9.15 Å². The smallest absolute Gasteiger partial charge is 0.351 e. The van der Waals surface area contributed by atoms with Gasteiger partial charge in [0.1, 0.15) is 22.8 Å². The standard InChI is InChI=1S/C17H16O5S/c1-10-8-14(19)16(17(20)22-10)13(18)7-5-11-4-6-12(23-3)9-15(11)21-2/h4-9,19H,1-3H3. The third-order valence-corrected chi connectivity index (χ3v) is 3.88. The predicted octanol–water partition coefficient (Wildman–Crippen LogP) is 3.28. The van der Waals surface area contributed by atoms with Crippen LogP contribution in [0.15, 0.2) is 44.4 Å². The van der Waals surface area contributed by atoms with Gasteiger partial charge in [-0.25, -0.2) is 4.79 Å². The number of hydrogen-bond acceptors (Lipinski definition) is 6. The second kappa shape index (κ2) is 7.19. The minimum absolute atomic E-state index is 0.238. The zero-order chi connectivity index (χ0) is 17.0. The van der Waals surface area contributed by atoms with E-state index in [0.29, 0.717) is 11.3 Å². The molecule has 120 valence electrons. The van der Waals surface area contributed by atoms with Gasteiger partial charge in [-0.2, -0.15) is 0 Å². The lowest BCUT2D eigenvalue weighted by Crippen LogP contribution is -2.12. The monoisotopic (exact) mass is 332 g/mol. The number of allylic oxidation sites excluding steroid dienone is 1. The van der Waals surface area contributed by atoms with Gasteiger partial charge >= 0.3 is 5.63 Å². The van der Waals surface area contributed by atoms with Gasteiger partial charge in [-0.15, -0.1) is 11.8 Å². The summed E-state index contributed by atoms with van der Waals surface area (Å²) < 4.78 is 10.1. The molecule has 2 rings (SSSR count). The van der Waals surface area contributed by atoms with Crippen molar-refractivity contribution in [2.24, 2.45) is 0 Å². The summed E-state index contributed by atoms with van der Waals surface area (Å²) in [4.78, 5) is 24.9. The summed E-state index contributed by atoms with van der Waals surface area (Å²) in [5.74, 6) is -0.172. The predicted molar refractivity (Wildman–Crippen MR) is 89.5 cm³/mol. The Morgan fingerprint density at radius 1 is 1.35 bits per heavy atom. The zero-order valence-electron chi connectivity index (χ0n) is 13.0. The van der Waals surface area contributed by atoms with Crippen LogP contribution in [0.1, 0.15) is 21.7 Å². The molecular formula is C17H16O5S. The molecule has 0 fully saturated rings. The van der Waals surface area contributed by atoms with E-state index in [1.54, 1.807) is 18.9 Å². The highest BCUT2D eigenvalue weighted by atomic mass is 32.2. The normalized spacial score (nSPS) is 10.9. The van der Waals surface area contributed by atoms with Gasteiger partial charge in [0, 0.05) is 16.5 Å². The molecule has 0 atom stereocenters. The number of carbonyl (C=O) groups is 1. The van der Waals surface area contributed by atoms with E-state index in [1.165, 1.54) is 25.1 Å². The Morgan fingerprint density at radius 3 is 2.70 bits per heavy atom. The van der Waals surface area contributed by atoms with Crippen LogP contribution in [0.3, 0.4) is 0 Å². The van der Waals surface area contributed by atoms with E-state index in [2.05, 4.69) is 0 Å². The fraction of sp³-hybridized carbons (Fsp3) is 0.176. The number of rotatable bonds is 5. The number of aryl methyl sites for hydroxylation is 1. The molecule has 0 spiro atoms. The Hall–Kier alpha value is -2.47. The lowest BCUT2D eigenvalue weighted by atomic mass is 10.1. The van der Waals surface area contributed by atoms with Crippen molar-refractivity contribution in [3.63, 3.8) is 0 Å². The Labute approximate surface area is 137 Å². The average Bonchev–Trinajstić information content (AvgIpc) is 2.51. The molecule has 0 bridgehead atoms. The van der Waals surface area contributed by atoms with Crippen molar-refractivity contribution in [2.75, 3.05) is 13.4 Å². The third-order valence-electron chi connectivity index (χ3n) is 3.16. The van der Waals surface area contributed by atoms with E-state index in [1.807, 2.05) is 24.5 Å². The first-order valence-corrected chi connectivity index (χ1v) is 7.97. The molecule has 0 unspecified atom stereocenters. The number of thioether (sulfide) groups is 1. The van der Waals surface area contributed by atoms with Gasteiger partial charge < -0.3 is 14.3 Å². The number of ketones is 1. The Morgan fingerprint density at radius 2 is 2.09 bits per heavy atom. The molecule has 0 saturated carbocycles. The van der Waals surface area contributed by atoms with E-state index in [-0.39, 0.29) is 11.3 Å². The van der Waals surface area contributed by atoms with Crippen molar-refractivity contribution >= 4 is 23.6 Å². The molecule has 0 aliphatic rings. The molecule has 6 heteroatoms. The maximum absolute atomic E-state index is 12.1. The van der Waals surface area contributed by atoms with Crippen LogP contribution in [0.2, 0.25) is 0 Å². The van der Waals surface area contributed by atoms with Crippen LogP contribution < -0.4 is 10.4 Å². The van der Waals surface area contributed by atoms with Gasteiger partial charge in [0.15, 0.2) is 5.78 Å². The molecule has 0 amide bonds. The molecule has 5 nitrogen and oxygen atoms in total. The molecule has 1 heterocycles. The van der Waals surface area contributed by atoms with Crippen molar-refractivity contribution in [3.05, 3.63) is 57.6 Å². The van der Waals surface area contributed by atoms with Crippen LogP contribution in [0.4, 0.5) is 0 Å². The number of aromatic hydroxyl groups is 1. The first kappa shape index (κ1) is 16.9. The van der Waals surface area contributed by atoms with Crippen LogP contribution in [-0.4, -0.2) is 24.3 Å². The van der Waals surface area contributed by atoms with Gasteiger partial charge in [-0.3, -0.25) is 4.79 Å². The molecule has 23 heavy (non-hydrogen) atoms. The van der Waals surface area contributed by atoms with Crippen LogP contribution in [0.5, 0.6) is 11.5 Å². The van der Waals surface area contributed by atoms with Crippen molar-refractivity contribution < 1.29 is 19.1 Å². The summed E-state index contributed by atoms with van der Waals surface area (Å²) in [6.45, 7) is 1.52. The largest absolute Gasteiger partial charge is 0.507 e. The summed E-state index contributed by atoms with van der Waals surface area (Å²) >= 11 is 1.58. The number of carbonyl (C=O) groups excluding carboxylic acids is 1. The van der Waals surface area contributed by atoms with E-state index < -0.39 is 17.2 Å². The fourth-order valence-electron chi connectivity index (χ4n) is 2.03. The molecular weight excluding hydrogens is 316 g/mol. The molecule has 1 N–H and O–H groups in total. The molecule has 1 aromatic carbocycles. The summed E-state index contributed by atoms with van der Waals surface area (Å²) in [5.41, 5.74) is -0.553. The quantitative estimate of drug-likeness (QED) is 0.514. The highest BCUT2D eigenvalue weighted by Crippen LogP contribution is 2.26. The van der Waals surface area contributed by atoms with Gasteiger partial charge in [0.2, 0.25) is 0 Å². The number of ether oxygens (including phenoxy) is 1. The van der Waals surface area contributed by atoms with Gasteiger partial charge in [0.05, 0.1) is 7.11 Å². The van der Waals surface area contributed by atoms with Crippen molar-refractivity contribution in [3.8, 4) is 11.5 Å². The summed E-state index contributed by atoms with van der Waals surface area (Å²) in [5, 5.41) is 9.77. The fourth-order valence-corrected chi connectivity index (χ4v) is 2.46. The third kappa shape index (κ3) is 3.84. The number of hydrogen-bond donors (Lipinski definition) is 1. The van der Waals surface area contributed by atoms with Crippen LogP contribution >= 0.6 is 11.8 Å². The molecule has 0 aliphatic carbocycles. The number of methoxy groups -OCH3 is 1. The molecule has 0 radical (unpaired) electrons. The van der Waals surface area contributed by atoms with Crippen LogP contribution in [0.25, 0.3) is 6.08 Å². The molecule has 0 saturated heterocycles. The minimum atomic E-state index is -0.859. The number of benzene rings is 1. The highest BCUT2D eigenvalue weighted by Gasteiger charge is 2.16. The maximum atomic E-state index is 12.1. The van der Waals surface area contributed by atoms with Crippen molar-refractivity contribution in [1.82, 2.24) is 0 Å². The van der Waals surface area contributed by atoms with E-state index in [9.17, 15) is 14.7 Å². The highest BCUT2D eigenvalue weighted by molar-refractivity contribution is 7.98. The minimum Gasteiger partial charge on any atom is -0.507 e. The van der Waals surface area contributed by atoms with Crippen molar-refractivity contribution in [2.45, 2.75) is 11.8 Å². The van der Waals surface area contributed by atoms with Crippen LogP contribution in [-0.2, 0) is 0 Å². The Bertz CT molecular complexity index is 820. The van der Waals surface area contributed by atoms with Crippen molar-refractivity contribution in [1.29, 1.82) is 0 Å². The summed E-state index contributed by atoms with van der Waals surface area (Å²) in [6, 6.07) is 6.80. The maximum Gasteiger partial charge on any atom is 0.351 e. The first-order valence-electron chi connectivity index (χ1n) is 6.74. The summed E-state index contributed by atoms with van der Waals surface area (Å²) in [6.07, 6.45) is 4.69. The average molecular weight is 332 g/mol. The topological polar surface area (TPSA) is 76.7 Å². The Kier molecular flexibility index (Phi) is 5.28. The van der Waals surface area contributed by atoms with Crippen LogP contribution in [0, 0.1) is 6.92 Å². The molecule has 0 aliphatic heterocycles. The molecule has 2 aromatic rings. The second-order valence-corrected chi connectivity index (χ2v) is 5.59. The zero-order valence-corrected chi connectivity index (χ0v) is 13.8. The lowest BCUT2D eigenvalue weighted by Gasteiger charge is -2.06. The second-order valence-electron chi connectivity index (χ2n) is 4.71. The molecule has 1 aromatic heterocycles. The first-order chi connectivity index (χ1) is 11.0. The van der Waals surface area contributed by atoms with Gasteiger partial charge in [0.25, 0.3) is 0 Å². The van der Waals surface area contributed by atoms with Gasteiger partial charge in [-0.1, -0.05) is 6.07 Å².